The molecule has 0 amide bonds. The first-order valence-corrected chi connectivity index (χ1v) is 6.60. The fraction of sp³-hybridized carbons (Fsp3) is 0.769. The predicted octanol–water partition coefficient (Wildman–Crippen LogP) is 1.80. The summed E-state index contributed by atoms with van der Waals surface area (Å²) >= 11 is 0. The van der Waals surface area contributed by atoms with Crippen LogP contribution < -0.4 is 0 Å². The van der Waals surface area contributed by atoms with E-state index in [1.165, 1.54) is 0 Å². The normalized spacial score (nSPS) is 20.2. The molecule has 106 valence electrons. The molecule has 1 aromatic rings. The third kappa shape index (κ3) is 2.69. The third-order valence-corrected chi connectivity index (χ3v) is 3.74. The molecule has 6 heteroatoms. The second-order valence-electron chi connectivity index (χ2n) is 4.84. The van der Waals surface area contributed by atoms with Crippen LogP contribution in [0.15, 0.2) is 4.52 Å². The lowest BCUT2D eigenvalue weighted by Crippen LogP contribution is -2.36. The van der Waals surface area contributed by atoms with Crippen LogP contribution in [0.25, 0.3) is 0 Å². The molecule has 0 bridgehead atoms. The second-order valence-corrected chi connectivity index (χ2v) is 4.84. The molecule has 1 aliphatic rings. The maximum atomic E-state index is 11.5. The molecule has 0 aromatic carbocycles. The number of ether oxygens (including phenoxy) is 2. The van der Waals surface area contributed by atoms with Crippen LogP contribution >= 0.6 is 0 Å². The van der Waals surface area contributed by atoms with Gasteiger partial charge in [0.2, 0.25) is 11.7 Å². The minimum absolute atomic E-state index is 0.0381. The first kappa shape index (κ1) is 14.1. The van der Waals surface area contributed by atoms with E-state index in [0.29, 0.717) is 44.2 Å². The molecule has 1 unspecified atom stereocenters. The van der Waals surface area contributed by atoms with Crippen molar-refractivity contribution in [2.75, 3.05) is 20.3 Å². The van der Waals surface area contributed by atoms with E-state index >= 15 is 0 Å². The van der Waals surface area contributed by atoms with E-state index in [9.17, 15) is 4.79 Å². The Morgan fingerprint density at radius 1 is 1.47 bits per heavy atom. The van der Waals surface area contributed by atoms with Crippen molar-refractivity contribution in [3.8, 4) is 0 Å². The number of aromatic nitrogens is 2. The fourth-order valence-electron chi connectivity index (χ4n) is 2.42. The first-order chi connectivity index (χ1) is 9.13. The van der Waals surface area contributed by atoms with Crippen molar-refractivity contribution < 1.29 is 18.8 Å². The van der Waals surface area contributed by atoms with Gasteiger partial charge in [-0.15, -0.1) is 0 Å². The Morgan fingerprint density at radius 3 is 2.68 bits per heavy atom. The first-order valence-electron chi connectivity index (χ1n) is 6.60. The molecule has 1 aromatic heterocycles. The molecule has 1 aliphatic heterocycles. The summed E-state index contributed by atoms with van der Waals surface area (Å²) in [5, 5.41) is 4.02. The lowest BCUT2D eigenvalue weighted by atomic mass is 9.93. The quantitative estimate of drug-likeness (QED) is 0.810. The number of hydrogen-bond acceptors (Lipinski definition) is 6. The van der Waals surface area contributed by atoms with Crippen LogP contribution in [0.5, 0.6) is 0 Å². The van der Waals surface area contributed by atoms with Crippen molar-refractivity contribution in [3.63, 3.8) is 0 Å². The van der Waals surface area contributed by atoms with Crippen molar-refractivity contribution in [1.82, 2.24) is 10.1 Å². The van der Waals surface area contributed by atoms with E-state index in [0.717, 1.165) is 0 Å². The highest BCUT2D eigenvalue weighted by Gasteiger charge is 2.39. The predicted molar refractivity (Wildman–Crippen MR) is 66.8 cm³/mol. The highest BCUT2D eigenvalue weighted by molar-refractivity contribution is 5.82. The van der Waals surface area contributed by atoms with Gasteiger partial charge in [-0.2, -0.15) is 4.98 Å². The molecule has 6 nitrogen and oxygen atoms in total. The van der Waals surface area contributed by atoms with E-state index < -0.39 is 5.60 Å². The highest BCUT2D eigenvalue weighted by atomic mass is 16.5. The van der Waals surface area contributed by atoms with Crippen LogP contribution in [0.2, 0.25) is 0 Å². The lowest BCUT2D eigenvalue weighted by Gasteiger charge is -2.32. The zero-order chi connectivity index (χ0) is 13.9. The minimum Gasteiger partial charge on any atom is -0.381 e. The van der Waals surface area contributed by atoms with Gasteiger partial charge >= 0.3 is 0 Å². The molecule has 1 saturated heterocycles. The second kappa shape index (κ2) is 5.79. The fourth-order valence-corrected chi connectivity index (χ4v) is 2.42. The summed E-state index contributed by atoms with van der Waals surface area (Å²) < 4.78 is 16.2. The van der Waals surface area contributed by atoms with Gasteiger partial charge in [-0.05, 0) is 13.3 Å². The summed E-state index contributed by atoms with van der Waals surface area (Å²) in [5.41, 5.74) is -0.547. The summed E-state index contributed by atoms with van der Waals surface area (Å²) in [4.78, 5) is 15.9. The standard InChI is InChI=1S/C13H20N2O4/c1-4-10(9(2)16)11-14-12(15-19-11)13(17-3)5-7-18-8-6-13/h10H,4-8H2,1-3H3. The molecule has 0 spiro atoms. The average molecular weight is 268 g/mol. The summed E-state index contributed by atoms with van der Waals surface area (Å²) in [6.45, 7) is 4.69. The molecule has 0 aliphatic carbocycles. The van der Waals surface area contributed by atoms with Gasteiger partial charge in [0.15, 0.2) is 0 Å². The molecule has 1 fully saturated rings. The molecule has 0 N–H and O–H groups in total. The highest BCUT2D eigenvalue weighted by Crippen LogP contribution is 2.34. The van der Waals surface area contributed by atoms with Gasteiger partial charge in [-0.3, -0.25) is 4.79 Å². The van der Waals surface area contributed by atoms with E-state index in [1.54, 1.807) is 14.0 Å². The molecular weight excluding hydrogens is 248 g/mol. The zero-order valence-corrected chi connectivity index (χ0v) is 11.6. The summed E-state index contributed by atoms with van der Waals surface area (Å²) in [6.07, 6.45) is 2.04. The van der Waals surface area contributed by atoms with Crippen LogP contribution in [-0.2, 0) is 19.9 Å². The number of carbonyl (C=O) groups is 1. The van der Waals surface area contributed by atoms with Crippen molar-refractivity contribution in [1.29, 1.82) is 0 Å². The number of rotatable bonds is 5. The van der Waals surface area contributed by atoms with E-state index in [-0.39, 0.29) is 11.7 Å². The van der Waals surface area contributed by atoms with Gasteiger partial charge in [-0.1, -0.05) is 12.1 Å². The van der Waals surface area contributed by atoms with Crippen molar-refractivity contribution >= 4 is 5.78 Å². The summed E-state index contributed by atoms with van der Waals surface area (Å²) in [7, 11) is 1.64. The van der Waals surface area contributed by atoms with Gasteiger partial charge in [-0.25, -0.2) is 0 Å². The zero-order valence-electron chi connectivity index (χ0n) is 11.6. The molecule has 2 rings (SSSR count). The number of methoxy groups -OCH3 is 1. The van der Waals surface area contributed by atoms with E-state index in [4.69, 9.17) is 14.0 Å². The number of hydrogen-bond donors (Lipinski definition) is 0. The Bertz CT molecular complexity index is 438. The molecule has 19 heavy (non-hydrogen) atoms. The Balaban J connectivity index is 2.26. The number of ketones is 1. The van der Waals surface area contributed by atoms with Gasteiger partial charge in [0, 0.05) is 33.2 Å². The molecule has 2 heterocycles. The average Bonchev–Trinajstić information content (AvgIpc) is 2.90. The van der Waals surface area contributed by atoms with Gasteiger partial charge in [0.1, 0.15) is 11.4 Å². The van der Waals surface area contributed by atoms with Gasteiger partial charge in [0.05, 0.1) is 5.92 Å². The third-order valence-electron chi connectivity index (χ3n) is 3.74. The smallest absolute Gasteiger partial charge is 0.237 e. The van der Waals surface area contributed by atoms with Crippen LogP contribution in [-0.4, -0.2) is 36.2 Å². The maximum Gasteiger partial charge on any atom is 0.237 e. The topological polar surface area (TPSA) is 74.5 Å². The minimum atomic E-state index is -0.547. The van der Waals surface area contributed by atoms with Crippen LogP contribution in [0.1, 0.15) is 50.7 Å². The number of Topliss-reactive ketones (excluding diaryl/α,β-unsaturated/α-hetero) is 1. The molecule has 0 saturated carbocycles. The van der Waals surface area contributed by atoms with E-state index in [2.05, 4.69) is 10.1 Å². The lowest BCUT2D eigenvalue weighted by molar-refractivity contribution is -0.119. The van der Waals surface area contributed by atoms with Crippen molar-refractivity contribution in [3.05, 3.63) is 11.7 Å². The monoisotopic (exact) mass is 268 g/mol. The van der Waals surface area contributed by atoms with E-state index in [1.807, 2.05) is 6.92 Å². The van der Waals surface area contributed by atoms with Crippen molar-refractivity contribution in [2.45, 2.75) is 44.6 Å². The van der Waals surface area contributed by atoms with Crippen LogP contribution in [0.3, 0.4) is 0 Å². The van der Waals surface area contributed by atoms with Crippen molar-refractivity contribution in [2.24, 2.45) is 0 Å². The Morgan fingerprint density at radius 2 is 2.16 bits per heavy atom. The number of carbonyl (C=O) groups excluding carboxylic acids is 1. The van der Waals surface area contributed by atoms with Crippen LogP contribution in [0, 0.1) is 0 Å². The number of nitrogens with zero attached hydrogens (tertiary/aromatic N) is 2. The SMILES string of the molecule is CCC(C(C)=O)c1nc(C2(OC)CCOCC2)no1. The Labute approximate surface area is 112 Å². The Kier molecular flexibility index (Phi) is 4.31. The maximum absolute atomic E-state index is 11.5. The van der Waals surface area contributed by atoms with Gasteiger partial charge < -0.3 is 14.0 Å². The van der Waals surface area contributed by atoms with Crippen LogP contribution in [0.4, 0.5) is 0 Å². The molecular formula is C13H20N2O4. The largest absolute Gasteiger partial charge is 0.381 e. The summed E-state index contributed by atoms with van der Waals surface area (Å²) in [6, 6.07) is 0. The Hall–Kier alpha value is -1.27. The molecule has 1 atom stereocenters. The summed E-state index contributed by atoms with van der Waals surface area (Å²) in [5.74, 6) is 0.618. The van der Waals surface area contributed by atoms with Gasteiger partial charge in [0.25, 0.3) is 0 Å². The molecule has 0 radical (unpaired) electrons.